The molecule has 3 heterocycles. The van der Waals surface area contributed by atoms with E-state index in [0.717, 1.165) is 25.9 Å². The predicted molar refractivity (Wildman–Crippen MR) is 142 cm³/mol. The van der Waals surface area contributed by atoms with E-state index in [1.165, 1.54) is 44.9 Å². The van der Waals surface area contributed by atoms with E-state index in [1.54, 1.807) is 0 Å². The number of hydrogen-bond donors (Lipinski definition) is 1. The van der Waals surface area contributed by atoms with Crippen LogP contribution in [-0.2, 0) is 23.7 Å². The number of anilines is 1. The number of rotatable bonds is 12. The van der Waals surface area contributed by atoms with Gasteiger partial charge in [0.1, 0.15) is 12.7 Å². The van der Waals surface area contributed by atoms with Crippen LogP contribution in [0.15, 0.2) is 30.3 Å². The molecule has 8 heteroatoms. The molecule has 0 saturated carbocycles. The number of carbonyl (C=O) groups is 1. The Morgan fingerprint density at radius 1 is 1.03 bits per heavy atom. The van der Waals surface area contributed by atoms with Crippen LogP contribution >= 0.6 is 0 Å². The van der Waals surface area contributed by atoms with E-state index in [4.69, 9.17) is 23.7 Å². The van der Waals surface area contributed by atoms with Gasteiger partial charge in [0.25, 0.3) is 0 Å². The van der Waals surface area contributed by atoms with E-state index in [1.807, 2.05) is 44.2 Å². The second kappa shape index (κ2) is 13.4. The molecule has 3 aliphatic rings. The summed E-state index contributed by atoms with van der Waals surface area (Å²) in [5.74, 6) is -1.98. The number of hydrogen-bond acceptors (Lipinski definition) is 7. The molecular weight excluding hydrogens is 472 g/mol. The largest absolute Gasteiger partial charge is 0.440 e. The number of nitrogens with one attached hydrogen (secondary N) is 1. The van der Waals surface area contributed by atoms with E-state index in [0.29, 0.717) is 18.8 Å². The first kappa shape index (κ1) is 28.3. The number of likely N-dealkylation sites (tertiary alicyclic amines) is 1. The van der Waals surface area contributed by atoms with Gasteiger partial charge in [-0.2, -0.15) is 0 Å². The van der Waals surface area contributed by atoms with Crippen molar-refractivity contribution in [2.45, 2.75) is 108 Å². The SMILES string of the molecule is CCCCCCCOC[C@@]12O[C@@H](CN3CCCCCC3)[C@@H](OC(=O)Nc3ccccc3)[C@@H]1OC(C)(C)O2. The van der Waals surface area contributed by atoms with Crippen molar-refractivity contribution in [3.8, 4) is 0 Å². The minimum atomic E-state index is -1.11. The Labute approximate surface area is 222 Å². The highest BCUT2D eigenvalue weighted by molar-refractivity contribution is 5.84. The van der Waals surface area contributed by atoms with Gasteiger partial charge in [0, 0.05) is 18.8 Å². The third kappa shape index (κ3) is 7.90. The number of fused-ring (bicyclic) bond motifs is 1. The Balaban J connectivity index is 1.46. The molecule has 3 saturated heterocycles. The minimum absolute atomic E-state index is 0.242. The van der Waals surface area contributed by atoms with Gasteiger partial charge in [-0.1, -0.05) is 63.6 Å². The maximum absolute atomic E-state index is 13.0. The molecule has 208 valence electrons. The molecule has 37 heavy (non-hydrogen) atoms. The Hall–Kier alpha value is -1.71. The van der Waals surface area contributed by atoms with Crippen molar-refractivity contribution in [2.24, 2.45) is 0 Å². The first-order valence-electron chi connectivity index (χ1n) is 14.3. The van der Waals surface area contributed by atoms with Gasteiger partial charge in [-0.05, 0) is 58.3 Å². The molecule has 0 spiro atoms. The zero-order chi connectivity index (χ0) is 26.1. The minimum Gasteiger partial charge on any atom is -0.440 e. The molecule has 3 fully saturated rings. The number of unbranched alkanes of at least 4 members (excludes halogenated alkanes) is 4. The molecule has 1 aromatic rings. The molecule has 0 unspecified atom stereocenters. The van der Waals surface area contributed by atoms with Gasteiger partial charge in [0.2, 0.25) is 5.79 Å². The number of amides is 1. The molecule has 4 rings (SSSR count). The third-order valence-corrected chi connectivity index (χ3v) is 7.37. The molecular formula is C29H46N2O6. The highest BCUT2D eigenvalue weighted by Gasteiger charge is 2.66. The highest BCUT2D eigenvalue weighted by atomic mass is 16.9. The Kier molecular flexibility index (Phi) is 10.2. The van der Waals surface area contributed by atoms with Gasteiger partial charge >= 0.3 is 6.09 Å². The van der Waals surface area contributed by atoms with Gasteiger partial charge in [0.15, 0.2) is 18.0 Å². The summed E-state index contributed by atoms with van der Waals surface area (Å²) in [5.41, 5.74) is 0.678. The molecule has 1 amide bonds. The standard InChI is InChI=1S/C29H46N2O6/c1-4-5-6-9-15-20-33-22-29-26(36-28(2,3)37-29)25(34-27(32)30-23-16-11-10-12-17-23)24(35-29)21-31-18-13-7-8-14-19-31/h10-12,16-17,24-26H,4-9,13-15,18-22H2,1-3H3,(H,30,32)/t24-,25+,26-,29-/m0/s1. The van der Waals surface area contributed by atoms with Crippen molar-refractivity contribution in [1.29, 1.82) is 0 Å². The summed E-state index contributed by atoms with van der Waals surface area (Å²) in [6, 6.07) is 9.31. The maximum atomic E-state index is 13.0. The summed E-state index contributed by atoms with van der Waals surface area (Å²) < 4.78 is 31.5. The van der Waals surface area contributed by atoms with Crippen molar-refractivity contribution < 1.29 is 28.5 Å². The van der Waals surface area contributed by atoms with E-state index < -0.39 is 29.9 Å². The fraction of sp³-hybridized carbons (Fsp3) is 0.759. The maximum Gasteiger partial charge on any atom is 0.412 e. The Bertz CT molecular complexity index is 829. The van der Waals surface area contributed by atoms with E-state index >= 15 is 0 Å². The molecule has 1 N–H and O–H groups in total. The summed E-state index contributed by atoms with van der Waals surface area (Å²) >= 11 is 0. The quantitative estimate of drug-likeness (QED) is 0.355. The lowest BCUT2D eigenvalue weighted by molar-refractivity contribution is -0.279. The average molecular weight is 519 g/mol. The molecule has 0 aromatic heterocycles. The normalized spacial score (nSPS) is 29.5. The van der Waals surface area contributed by atoms with Gasteiger partial charge < -0.3 is 28.6 Å². The fourth-order valence-corrected chi connectivity index (χ4v) is 5.63. The number of ether oxygens (including phenoxy) is 5. The van der Waals surface area contributed by atoms with Gasteiger partial charge in [-0.15, -0.1) is 0 Å². The van der Waals surface area contributed by atoms with Crippen LogP contribution in [0.5, 0.6) is 0 Å². The van der Waals surface area contributed by atoms with Crippen molar-refractivity contribution >= 4 is 11.8 Å². The molecule has 0 bridgehead atoms. The van der Waals surface area contributed by atoms with Crippen molar-refractivity contribution in [3.05, 3.63) is 30.3 Å². The first-order chi connectivity index (χ1) is 17.9. The summed E-state index contributed by atoms with van der Waals surface area (Å²) in [5, 5.41) is 2.83. The van der Waals surface area contributed by atoms with Crippen LogP contribution in [0, 0.1) is 0 Å². The number of para-hydroxylation sites is 1. The highest BCUT2D eigenvalue weighted by Crippen LogP contribution is 2.47. The topological polar surface area (TPSA) is 78.5 Å². The van der Waals surface area contributed by atoms with Crippen LogP contribution < -0.4 is 5.32 Å². The van der Waals surface area contributed by atoms with Gasteiger partial charge in [-0.3, -0.25) is 5.32 Å². The summed E-state index contributed by atoms with van der Waals surface area (Å²) in [4.78, 5) is 15.4. The second-order valence-electron chi connectivity index (χ2n) is 11.1. The van der Waals surface area contributed by atoms with E-state index in [-0.39, 0.29) is 12.7 Å². The van der Waals surface area contributed by atoms with Gasteiger partial charge in [-0.25, -0.2) is 4.79 Å². The molecule has 1 aromatic carbocycles. The lowest BCUT2D eigenvalue weighted by atomic mass is 10.0. The zero-order valence-corrected chi connectivity index (χ0v) is 22.9. The number of nitrogens with zero attached hydrogens (tertiary/aromatic N) is 1. The Morgan fingerprint density at radius 2 is 1.76 bits per heavy atom. The predicted octanol–water partition coefficient (Wildman–Crippen LogP) is 5.71. The van der Waals surface area contributed by atoms with Crippen molar-refractivity contribution in [1.82, 2.24) is 4.90 Å². The molecule has 0 aliphatic carbocycles. The third-order valence-electron chi connectivity index (χ3n) is 7.37. The fourth-order valence-electron chi connectivity index (χ4n) is 5.63. The zero-order valence-electron chi connectivity index (χ0n) is 22.9. The van der Waals surface area contributed by atoms with Crippen LogP contribution in [0.25, 0.3) is 0 Å². The van der Waals surface area contributed by atoms with Crippen LogP contribution in [0.2, 0.25) is 0 Å². The molecule has 4 atom stereocenters. The van der Waals surface area contributed by atoms with Gasteiger partial charge in [0.05, 0.1) is 0 Å². The average Bonchev–Trinajstić information content (AvgIpc) is 3.11. The van der Waals surface area contributed by atoms with Crippen LogP contribution in [0.4, 0.5) is 10.5 Å². The Morgan fingerprint density at radius 3 is 2.49 bits per heavy atom. The summed E-state index contributed by atoms with van der Waals surface area (Å²) in [6.07, 6.45) is 8.57. The van der Waals surface area contributed by atoms with Crippen LogP contribution in [0.3, 0.4) is 0 Å². The summed E-state index contributed by atoms with van der Waals surface area (Å²) in [6.45, 7) is 9.52. The van der Waals surface area contributed by atoms with E-state index in [2.05, 4.69) is 17.1 Å². The lowest BCUT2D eigenvalue weighted by Crippen LogP contribution is -2.46. The van der Waals surface area contributed by atoms with Crippen LogP contribution in [0.1, 0.15) is 78.6 Å². The first-order valence-corrected chi connectivity index (χ1v) is 14.3. The summed E-state index contributed by atoms with van der Waals surface area (Å²) in [7, 11) is 0. The number of carbonyl (C=O) groups excluding carboxylic acids is 1. The number of benzene rings is 1. The van der Waals surface area contributed by atoms with Crippen molar-refractivity contribution in [2.75, 3.05) is 38.2 Å². The van der Waals surface area contributed by atoms with Crippen molar-refractivity contribution in [3.63, 3.8) is 0 Å². The van der Waals surface area contributed by atoms with Crippen LogP contribution in [-0.4, -0.2) is 73.7 Å². The molecule has 3 aliphatic heterocycles. The molecule has 8 nitrogen and oxygen atoms in total. The lowest BCUT2D eigenvalue weighted by Gasteiger charge is -2.31. The molecule has 0 radical (unpaired) electrons. The van der Waals surface area contributed by atoms with E-state index in [9.17, 15) is 4.79 Å². The second-order valence-corrected chi connectivity index (χ2v) is 11.1. The monoisotopic (exact) mass is 518 g/mol. The smallest absolute Gasteiger partial charge is 0.412 e.